The molecule has 30 heteroatoms. The maximum Gasteiger partial charge on any atom is 0.411 e. The molecule has 3 fully saturated rings. The van der Waals surface area contributed by atoms with Crippen molar-refractivity contribution in [1.82, 2.24) is 30.7 Å². The molecule has 4 aliphatic rings. The molecule has 4 atom stereocenters. The van der Waals surface area contributed by atoms with E-state index in [0.29, 0.717) is 69.2 Å². The van der Waals surface area contributed by atoms with Crippen LogP contribution in [-0.4, -0.2) is 193 Å². The minimum atomic E-state index is -1.13. The van der Waals surface area contributed by atoms with E-state index >= 15 is 0 Å². The summed E-state index contributed by atoms with van der Waals surface area (Å²) in [5, 5.41) is 36.8. The smallest absolute Gasteiger partial charge is 0.411 e. The second kappa shape index (κ2) is 38.3. The fraction of sp³-hybridized carbons (Fsp3) is 0.549. The van der Waals surface area contributed by atoms with Gasteiger partial charge >= 0.3 is 18.2 Å². The van der Waals surface area contributed by atoms with Gasteiger partial charge in [-0.3, -0.25) is 49.1 Å². The molecule has 0 bridgehead atoms. The lowest BCUT2D eigenvalue weighted by Gasteiger charge is -2.39. The Morgan fingerprint density at radius 1 is 0.723 bits per heavy atom. The second-order valence-electron chi connectivity index (χ2n) is 26.6. The highest BCUT2D eigenvalue weighted by Gasteiger charge is 2.42. The predicted octanol–water partition coefficient (Wildman–Crippen LogP) is 8.45. The van der Waals surface area contributed by atoms with Crippen LogP contribution in [0, 0.1) is 11.3 Å². The third kappa shape index (κ3) is 23.1. The van der Waals surface area contributed by atoms with Crippen LogP contribution in [0.3, 0.4) is 0 Å². The van der Waals surface area contributed by atoms with Crippen molar-refractivity contribution in [2.75, 3.05) is 95.1 Å². The lowest BCUT2D eigenvalue weighted by molar-refractivity contribution is -0.137. The van der Waals surface area contributed by atoms with E-state index < -0.39 is 66.0 Å². The molecule has 2 saturated heterocycles. The quantitative estimate of drug-likeness (QED) is 0.0112. The van der Waals surface area contributed by atoms with E-state index in [0.717, 1.165) is 35.5 Å². The van der Waals surface area contributed by atoms with E-state index in [1.807, 2.05) is 13.8 Å². The van der Waals surface area contributed by atoms with Crippen molar-refractivity contribution in [1.29, 1.82) is 0 Å². The molecule has 10 N–H and O–H groups in total. The number of aliphatic hydroxyl groups excluding tert-OH is 2. The zero-order chi connectivity index (χ0) is 73.4. The highest BCUT2D eigenvalue weighted by atomic mass is 33.1. The Hall–Kier alpha value is -8.74. The predicted molar refractivity (Wildman–Crippen MR) is 383 cm³/mol. The first-order valence-corrected chi connectivity index (χ1v) is 36.6. The average Bonchev–Trinajstić information content (AvgIpc) is 1.77. The number of benzene rings is 3. The van der Waals surface area contributed by atoms with Crippen molar-refractivity contribution >= 4 is 98.2 Å². The monoisotopic (exact) mass is 1440 g/mol. The number of hydrogen-bond donors (Lipinski definition) is 9. The number of amides is 11. The van der Waals surface area contributed by atoms with Gasteiger partial charge < -0.3 is 75.4 Å². The first-order valence-electron chi connectivity index (χ1n) is 34.2. The molecule has 3 heterocycles. The van der Waals surface area contributed by atoms with Gasteiger partial charge in [-0.25, -0.2) is 14.4 Å². The number of urea groups is 1. The lowest BCUT2D eigenvalue weighted by atomic mass is 9.85. The number of unbranched alkanes of at least 4 members (excludes halogenated alkanes) is 4. The normalized spacial score (nSPS) is 17.2. The summed E-state index contributed by atoms with van der Waals surface area (Å²) in [6.07, 6.45) is 8.18. The fourth-order valence-corrected chi connectivity index (χ4v) is 14.8. The number of nitrogens with zero attached hydrogens (tertiary/aromatic N) is 3. The fourth-order valence-electron chi connectivity index (χ4n) is 12.1. The largest absolute Gasteiger partial charge is 0.493 e. The van der Waals surface area contributed by atoms with Gasteiger partial charge in [-0.15, -0.1) is 0 Å². The molecule has 0 aromatic heterocycles. The third-order valence-corrected chi connectivity index (χ3v) is 21.1. The highest BCUT2D eigenvalue weighted by Crippen LogP contribution is 2.50. The summed E-state index contributed by atoms with van der Waals surface area (Å²) in [5.74, 6) is -1.81. The lowest BCUT2D eigenvalue weighted by Crippen LogP contribution is -2.54. The van der Waals surface area contributed by atoms with Gasteiger partial charge in [-0.1, -0.05) is 93.3 Å². The van der Waals surface area contributed by atoms with Gasteiger partial charge in [0.2, 0.25) is 17.7 Å². The minimum Gasteiger partial charge on any atom is -0.493 e. The Labute approximate surface area is 597 Å². The number of imide groups is 1. The summed E-state index contributed by atoms with van der Waals surface area (Å²) in [6, 6.07) is 8.43. The molecule has 3 aromatic rings. The molecule has 3 aliphatic heterocycles. The number of nitrogens with one attached hydrogen (secondary N) is 6. The van der Waals surface area contributed by atoms with Crippen molar-refractivity contribution < 1.29 is 86.6 Å². The number of methoxy groups -OCH3 is 2. The van der Waals surface area contributed by atoms with Gasteiger partial charge in [0.05, 0.1) is 80.0 Å². The van der Waals surface area contributed by atoms with Gasteiger partial charge in [-0.05, 0) is 112 Å². The van der Waals surface area contributed by atoms with Gasteiger partial charge in [0.1, 0.15) is 25.3 Å². The van der Waals surface area contributed by atoms with E-state index in [1.54, 1.807) is 70.7 Å². The Kier molecular flexibility index (Phi) is 30.2. The third-order valence-electron chi connectivity index (χ3n) is 17.7. The van der Waals surface area contributed by atoms with Gasteiger partial charge in [0.15, 0.2) is 23.0 Å². The van der Waals surface area contributed by atoms with Crippen LogP contribution in [0.5, 0.6) is 23.0 Å². The van der Waals surface area contributed by atoms with Crippen LogP contribution in [0.4, 0.5) is 31.4 Å². The average molecular weight is 1440 g/mol. The Balaban J connectivity index is 0.957. The number of hydrogen-bond acceptors (Lipinski definition) is 20. The molecule has 552 valence electrons. The molecular formula is C71H98N10O18S2. The van der Waals surface area contributed by atoms with Gasteiger partial charge in [0.25, 0.3) is 23.6 Å². The standard InChI is InChI=1S/C71H98N10O18S2/c1-9-100-101-71(26-17-27-71)43-99-69(93)77-54-36-58(56(95-8)34-51(54)66(90)81-42-70(5,6)37-49(81)40-83)97-31-15-11-14-30-96-57-35-53(50(33-55(57)94-7)65(89)80-38-45(4)32-48(80)39-82)76-68(92)98-41-46-20-22-47(23-21-46)74-63(87)52(18-16-28-73-67(72)91)75-64(88)62(44(2)3)78-59(84)19-12-10-13-29-79-60(85)24-25-61(79)86/h20-25,33-36,44,48-49,52,62,82-83H,4,9-19,26-32,37-43H2,1-3,5-8H3,(H,74,87)(H,75,88)(H,76,92)(H,77,93)(H,78,84)(H3,72,73,91)/t48-,49-,52-,62-/m0/s1. The summed E-state index contributed by atoms with van der Waals surface area (Å²) < 4.78 is 35.2. The number of primary amides is 1. The maximum absolute atomic E-state index is 14.3. The van der Waals surface area contributed by atoms with E-state index in [4.69, 9.17) is 34.2 Å². The maximum atomic E-state index is 14.3. The van der Waals surface area contributed by atoms with Crippen LogP contribution < -0.4 is 56.6 Å². The first kappa shape index (κ1) is 79.6. The molecule has 0 spiro atoms. The summed E-state index contributed by atoms with van der Waals surface area (Å²) in [5.41, 5.74) is 6.94. The summed E-state index contributed by atoms with van der Waals surface area (Å²) >= 11 is 0. The Morgan fingerprint density at radius 3 is 1.87 bits per heavy atom. The molecule has 7 rings (SSSR count). The summed E-state index contributed by atoms with van der Waals surface area (Å²) in [7, 11) is 6.33. The van der Waals surface area contributed by atoms with Crippen LogP contribution in [0.25, 0.3) is 0 Å². The number of ether oxygens (including phenoxy) is 6. The summed E-state index contributed by atoms with van der Waals surface area (Å²) in [4.78, 5) is 136. The molecule has 0 radical (unpaired) electrons. The van der Waals surface area contributed by atoms with Crippen molar-refractivity contribution in [3.05, 3.63) is 89.5 Å². The molecule has 1 saturated carbocycles. The zero-order valence-electron chi connectivity index (χ0n) is 58.7. The number of likely N-dealkylation sites (tertiary alicyclic amines) is 2. The van der Waals surface area contributed by atoms with Crippen LogP contribution in [-0.2, 0) is 40.1 Å². The van der Waals surface area contributed by atoms with Crippen molar-refractivity contribution in [3.8, 4) is 23.0 Å². The van der Waals surface area contributed by atoms with E-state index in [-0.39, 0.29) is 158 Å². The van der Waals surface area contributed by atoms with Crippen LogP contribution >= 0.6 is 21.6 Å². The molecular weight excluding hydrogens is 1340 g/mol. The molecule has 3 aromatic carbocycles. The van der Waals surface area contributed by atoms with Crippen LogP contribution in [0.1, 0.15) is 151 Å². The van der Waals surface area contributed by atoms with Crippen LogP contribution in [0.15, 0.2) is 72.8 Å². The zero-order valence-corrected chi connectivity index (χ0v) is 60.3. The van der Waals surface area contributed by atoms with E-state index in [1.165, 1.54) is 49.5 Å². The van der Waals surface area contributed by atoms with E-state index in [9.17, 15) is 58.2 Å². The molecule has 28 nitrogen and oxygen atoms in total. The van der Waals surface area contributed by atoms with Gasteiger partial charge in [-0.2, -0.15) is 0 Å². The van der Waals surface area contributed by atoms with Gasteiger partial charge in [0, 0.05) is 68.3 Å². The number of nitrogens with two attached hydrogens (primary N) is 1. The molecule has 1 aliphatic carbocycles. The molecule has 101 heavy (non-hydrogen) atoms. The second-order valence-corrected chi connectivity index (χ2v) is 29.6. The highest BCUT2D eigenvalue weighted by molar-refractivity contribution is 8.77. The number of rotatable bonds is 39. The first-order chi connectivity index (χ1) is 48.3. The Bertz CT molecular complexity index is 3460. The van der Waals surface area contributed by atoms with Crippen molar-refractivity contribution in [3.63, 3.8) is 0 Å². The van der Waals surface area contributed by atoms with Crippen LogP contribution in [0.2, 0.25) is 0 Å². The Morgan fingerprint density at radius 2 is 1.32 bits per heavy atom. The van der Waals surface area contributed by atoms with Crippen molar-refractivity contribution in [2.24, 2.45) is 17.1 Å². The number of carbonyl (C=O) groups excluding carboxylic acids is 10. The minimum absolute atomic E-state index is 0.0227. The summed E-state index contributed by atoms with van der Waals surface area (Å²) in [6.45, 7) is 14.3. The molecule has 0 unspecified atom stereocenters. The SMILES string of the molecule is C=C1C[C@@H](CO)N(C(=O)c2cc(OC)c(OCCCCCOc3cc(NC(=O)OCC4(SSCC)CCC4)c(C(=O)N4CC(C)(C)C[C@H]4CO)cc3OC)cc2NC(=O)OCc2ccc(NC(=O)[C@H](CCCNC(N)=O)NC(=O)[C@@H](NC(=O)CCCCCN3C(=O)C=CC3=O)C(C)C)cc2)C1. The number of aliphatic hydroxyl groups is 2. The number of anilines is 3. The van der Waals surface area contributed by atoms with Crippen molar-refractivity contribution in [2.45, 2.75) is 160 Å². The number of carbonyl (C=O) groups is 10. The molecule has 11 amide bonds. The van der Waals surface area contributed by atoms with E-state index in [2.05, 4.69) is 45.4 Å². The topological polar surface area (TPSA) is 374 Å².